The molecule has 1 N–H and O–H groups in total. The molecule has 2 saturated heterocycles. The van der Waals surface area contributed by atoms with Crippen molar-refractivity contribution in [3.8, 4) is 0 Å². The third-order valence-corrected chi connectivity index (χ3v) is 8.12. The largest absolute Gasteiger partial charge is 0.377 e. The van der Waals surface area contributed by atoms with Crippen molar-refractivity contribution in [1.82, 2.24) is 19.7 Å². The first-order valence-electron chi connectivity index (χ1n) is 11.1. The molecule has 0 spiro atoms. The molecule has 2 aromatic rings. The summed E-state index contributed by atoms with van der Waals surface area (Å²) in [7, 11) is -3.87. The Bertz CT molecular complexity index is 1090. The van der Waals surface area contributed by atoms with Gasteiger partial charge in [0.15, 0.2) is 0 Å². The maximum absolute atomic E-state index is 13.1. The average Bonchev–Trinajstić information content (AvgIpc) is 3.44. The Balaban J connectivity index is 1.39. The third kappa shape index (κ3) is 5.58. The highest BCUT2D eigenvalue weighted by atomic mass is 35.5. The molecule has 2 fully saturated rings. The zero-order valence-corrected chi connectivity index (χ0v) is 20.4. The van der Waals surface area contributed by atoms with E-state index in [4.69, 9.17) is 20.9 Å². The van der Waals surface area contributed by atoms with Gasteiger partial charge in [0.1, 0.15) is 10.7 Å². The van der Waals surface area contributed by atoms with Crippen LogP contribution in [0.1, 0.15) is 40.2 Å². The van der Waals surface area contributed by atoms with E-state index in [0.29, 0.717) is 38.3 Å². The highest BCUT2D eigenvalue weighted by Gasteiger charge is 2.27. The predicted octanol–water partition coefficient (Wildman–Crippen LogP) is 2.36. The van der Waals surface area contributed by atoms with Crippen LogP contribution in [0.5, 0.6) is 0 Å². The van der Waals surface area contributed by atoms with Crippen molar-refractivity contribution in [3.63, 3.8) is 0 Å². The fraction of sp³-hybridized carbons (Fsp3) is 0.545. The van der Waals surface area contributed by atoms with Crippen molar-refractivity contribution in [2.24, 2.45) is 0 Å². The molecule has 33 heavy (non-hydrogen) atoms. The van der Waals surface area contributed by atoms with Gasteiger partial charge < -0.3 is 14.2 Å². The lowest BCUT2D eigenvalue weighted by Gasteiger charge is -2.34. The zero-order valence-electron chi connectivity index (χ0n) is 18.8. The van der Waals surface area contributed by atoms with Crippen LogP contribution in [0.25, 0.3) is 0 Å². The Morgan fingerprint density at radius 3 is 2.64 bits per heavy atom. The van der Waals surface area contributed by atoms with E-state index in [-0.39, 0.29) is 28.5 Å². The van der Waals surface area contributed by atoms with Crippen LogP contribution >= 0.6 is 11.6 Å². The molecule has 2 aliphatic heterocycles. The number of hydrogen-bond donors (Lipinski definition) is 1. The maximum Gasteiger partial charge on any atom is 0.253 e. The smallest absolute Gasteiger partial charge is 0.253 e. The molecule has 0 saturated carbocycles. The first-order chi connectivity index (χ1) is 15.7. The van der Waals surface area contributed by atoms with Crippen molar-refractivity contribution >= 4 is 27.5 Å². The number of carbonyl (C=O) groups is 1. The molecular weight excluding hydrogens is 468 g/mol. The number of amides is 1. The first kappa shape index (κ1) is 24.2. The highest BCUT2D eigenvalue weighted by molar-refractivity contribution is 7.89. The number of nitrogens with zero attached hydrogens (tertiary/aromatic N) is 3. The molecule has 1 amide bonds. The lowest BCUT2D eigenvalue weighted by atomic mass is 10.1. The molecule has 1 unspecified atom stereocenters. The van der Waals surface area contributed by atoms with Gasteiger partial charge >= 0.3 is 0 Å². The molecule has 1 atom stereocenters. The number of benzene rings is 1. The Hall–Kier alpha value is -1.98. The summed E-state index contributed by atoms with van der Waals surface area (Å²) in [6.07, 6.45) is 1.60. The van der Waals surface area contributed by atoms with Gasteiger partial charge in [-0.15, -0.1) is 0 Å². The van der Waals surface area contributed by atoms with Gasteiger partial charge in [-0.05, 0) is 44.9 Å². The number of piperazine rings is 1. The summed E-state index contributed by atoms with van der Waals surface area (Å²) >= 11 is 6.18. The van der Waals surface area contributed by atoms with Crippen LogP contribution < -0.4 is 4.72 Å². The first-order valence-corrected chi connectivity index (χ1v) is 12.9. The van der Waals surface area contributed by atoms with Crippen LogP contribution in [-0.4, -0.2) is 74.7 Å². The van der Waals surface area contributed by atoms with Gasteiger partial charge in [0.2, 0.25) is 10.0 Å². The van der Waals surface area contributed by atoms with Crippen molar-refractivity contribution in [2.45, 2.75) is 44.2 Å². The van der Waals surface area contributed by atoms with Crippen LogP contribution in [0.3, 0.4) is 0 Å². The number of ether oxygens (including phenoxy) is 1. The number of carbonyl (C=O) groups excluding carboxylic acids is 1. The van der Waals surface area contributed by atoms with Crippen LogP contribution in [0.2, 0.25) is 5.02 Å². The topological polar surface area (TPSA) is 105 Å². The van der Waals surface area contributed by atoms with Gasteiger partial charge in [-0.3, -0.25) is 9.69 Å². The van der Waals surface area contributed by atoms with Crippen molar-refractivity contribution in [3.05, 3.63) is 45.8 Å². The van der Waals surface area contributed by atoms with Crippen molar-refractivity contribution in [2.75, 3.05) is 39.3 Å². The number of nitrogens with one attached hydrogen (secondary N) is 1. The van der Waals surface area contributed by atoms with Gasteiger partial charge in [-0.1, -0.05) is 16.8 Å². The highest BCUT2D eigenvalue weighted by Crippen LogP contribution is 2.24. The maximum atomic E-state index is 13.1. The Morgan fingerprint density at radius 1 is 1.24 bits per heavy atom. The van der Waals surface area contributed by atoms with Crippen LogP contribution in [0, 0.1) is 13.8 Å². The van der Waals surface area contributed by atoms with Crippen molar-refractivity contribution in [1.29, 1.82) is 0 Å². The molecule has 9 nitrogen and oxygen atoms in total. The van der Waals surface area contributed by atoms with E-state index in [9.17, 15) is 13.2 Å². The van der Waals surface area contributed by atoms with Gasteiger partial charge in [-0.25, -0.2) is 13.1 Å². The Labute approximate surface area is 199 Å². The minimum atomic E-state index is -3.87. The SMILES string of the molecule is Cc1noc(C)c1CN1CCN(C(=O)c2ccc(Cl)c(S(=O)(=O)NCC3CCCO3)c2)CC1. The van der Waals surface area contributed by atoms with Gasteiger partial charge in [0.25, 0.3) is 5.91 Å². The molecule has 11 heteroatoms. The summed E-state index contributed by atoms with van der Waals surface area (Å²) in [4.78, 5) is 17.0. The number of sulfonamides is 1. The molecule has 180 valence electrons. The summed E-state index contributed by atoms with van der Waals surface area (Å²) in [5, 5.41) is 4.08. The molecule has 0 radical (unpaired) electrons. The lowest BCUT2D eigenvalue weighted by molar-refractivity contribution is 0.0627. The normalized spacial score (nSPS) is 19.8. The molecule has 1 aromatic carbocycles. The van der Waals surface area contributed by atoms with E-state index in [1.165, 1.54) is 12.1 Å². The summed E-state index contributed by atoms with van der Waals surface area (Å²) in [5.41, 5.74) is 2.27. The number of rotatable bonds is 7. The van der Waals surface area contributed by atoms with Crippen LogP contribution in [0.15, 0.2) is 27.6 Å². The zero-order chi connectivity index (χ0) is 23.6. The fourth-order valence-corrected chi connectivity index (χ4v) is 5.76. The van der Waals surface area contributed by atoms with E-state index in [0.717, 1.165) is 36.4 Å². The van der Waals surface area contributed by atoms with Crippen molar-refractivity contribution < 1.29 is 22.5 Å². The minimum absolute atomic E-state index is 0.0793. The van der Waals surface area contributed by atoms with Gasteiger partial charge in [-0.2, -0.15) is 0 Å². The second-order valence-corrected chi connectivity index (χ2v) is 10.6. The molecule has 0 aliphatic carbocycles. The second kappa shape index (κ2) is 10.1. The van der Waals surface area contributed by atoms with Crippen LogP contribution in [-0.2, 0) is 21.3 Å². The fourth-order valence-electron chi connectivity index (χ4n) is 4.17. The quantitative estimate of drug-likeness (QED) is 0.627. The van der Waals surface area contributed by atoms with Gasteiger partial charge in [0.05, 0.1) is 16.8 Å². The summed E-state index contributed by atoms with van der Waals surface area (Å²) in [6.45, 7) is 7.88. The Kier molecular flexibility index (Phi) is 7.40. The molecule has 1 aromatic heterocycles. The van der Waals surface area contributed by atoms with Crippen LogP contribution in [0.4, 0.5) is 0 Å². The van der Waals surface area contributed by atoms with E-state index in [2.05, 4.69) is 14.8 Å². The van der Waals surface area contributed by atoms with E-state index in [1.54, 1.807) is 11.0 Å². The molecule has 2 aliphatic rings. The third-order valence-electron chi connectivity index (χ3n) is 6.22. The number of halogens is 1. The van der Waals surface area contributed by atoms with E-state index < -0.39 is 10.0 Å². The summed E-state index contributed by atoms with van der Waals surface area (Å²) in [5.74, 6) is 0.605. The minimum Gasteiger partial charge on any atom is -0.377 e. The van der Waals surface area contributed by atoms with Gasteiger partial charge in [0, 0.05) is 57.0 Å². The summed E-state index contributed by atoms with van der Waals surface area (Å²) in [6, 6.07) is 4.39. The number of hydrogen-bond acceptors (Lipinski definition) is 7. The second-order valence-electron chi connectivity index (χ2n) is 8.50. The monoisotopic (exact) mass is 496 g/mol. The van der Waals surface area contributed by atoms with E-state index >= 15 is 0 Å². The number of aryl methyl sites for hydroxylation is 2. The molecule has 0 bridgehead atoms. The standard InChI is InChI=1S/C22H29ClN4O5S/c1-15-19(16(2)32-25-15)14-26-7-9-27(10-8-26)22(28)17-5-6-20(23)21(12-17)33(29,30)24-13-18-4-3-11-31-18/h5-6,12,18,24H,3-4,7-11,13-14H2,1-2H3. The molecule has 4 rings (SSSR count). The Morgan fingerprint density at radius 2 is 2.00 bits per heavy atom. The molecule has 3 heterocycles. The number of aromatic nitrogens is 1. The lowest BCUT2D eigenvalue weighted by Crippen LogP contribution is -2.48. The average molecular weight is 497 g/mol. The predicted molar refractivity (Wildman–Crippen MR) is 123 cm³/mol. The van der Waals surface area contributed by atoms with E-state index in [1.807, 2.05) is 13.8 Å². The molecular formula is C22H29ClN4O5S. The summed E-state index contributed by atoms with van der Waals surface area (Å²) < 4.78 is 38.9.